The van der Waals surface area contributed by atoms with Crippen molar-refractivity contribution in [3.63, 3.8) is 0 Å². The molecule has 1 saturated heterocycles. The topological polar surface area (TPSA) is 40.5 Å². The van der Waals surface area contributed by atoms with Crippen molar-refractivity contribution in [1.29, 1.82) is 0 Å². The highest BCUT2D eigenvalue weighted by molar-refractivity contribution is 5.70. The fraction of sp³-hybridized carbons (Fsp3) is 0.917. The predicted octanol–water partition coefficient (Wildman–Crippen LogP) is 2.22. The molecule has 1 aliphatic rings. The number of carboxylic acids is 1. The standard InChI is InChI=1S/C12H23NO2/c1-3-5-10-7-13(8-10)9-11(6-4-2)12(14)15/h10-11H,3-9H2,1-2H3,(H,14,15). The molecule has 1 fully saturated rings. The van der Waals surface area contributed by atoms with Crippen LogP contribution in [-0.4, -0.2) is 35.6 Å². The molecule has 0 amide bonds. The fourth-order valence-electron chi connectivity index (χ4n) is 2.37. The fourth-order valence-corrected chi connectivity index (χ4v) is 2.37. The van der Waals surface area contributed by atoms with Crippen LogP contribution < -0.4 is 0 Å². The average molecular weight is 213 g/mol. The van der Waals surface area contributed by atoms with Gasteiger partial charge in [0.2, 0.25) is 0 Å². The minimum Gasteiger partial charge on any atom is -0.481 e. The van der Waals surface area contributed by atoms with Gasteiger partial charge in [-0.25, -0.2) is 0 Å². The number of nitrogens with zero attached hydrogens (tertiary/aromatic N) is 1. The quantitative estimate of drug-likeness (QED) is 0.705. The van der Waals surface area contributed by atoms with Crippen molar-refractivity contribution >= 4 is 5.97 Å². The summed E-state index contributed by atoms with van der Waals surface area (Å²) in [5, 5.41) is 9.02. The van der Waals surface area contributed by atoms with Crippen LogP contribution in [0.2, 0.25) is 0 Å². The van der Waals surface area contributed by atoms with Gasteiger partial charge < -0.3 is 10.0 Å². The van der Waals surface area contributed by atoms with Gasteiger partial charge in [0.1, 0.15) is 0 Å². The Kier molecular flexibility index (Phi) is 5.09. The number of aliphatic carboxylic acids is 1. The van der Waals surface area contributed by atoms with Crippen LogP contribution in [0.3, 0.4) is 0 Å². The van der Waals surface area contributed by atoms with Crippen LogP contribution >= 0.6 is 0 Å². The van der Waals surface area contributed by atoms with Crippen molar-refractivity contribution in [3.8, 4) is 0 Å². The van der Waals surface area contributed by atoms with Crippen molar-refractivity contribution in [1.82, 2.24) is 4.90 Å². The summed E-state index contributed by atoms with van der Waals surface area (Å²) in [6, 6.07) is 0. The van der Waals surface area contributed by atoms with E-state index in [1.165, 1.54) is 12.8 Å². The maximum atomic E-state index is 10.9. The second-order valence-electron chi connectivity index (χ2n) is 4.70. The Morgan fingerprint density at radius 3 is 2.53 bits per heavy atom. The van der Waals surface area contributed by atoms with Crippen LogP contribution in [0.5, 0.6) is 0 Å². The van der Waals surface area contributed by atoms with Gasteiger partial charge in [-0.15, -0.1) is 0 Å². The van der Waals surface area contributed by atoms with Crippen LogP contribution in [-0.2, 0) is 4.79 Å². The van der Waals surface area contributed by atoms with Gasteiger partial charge in [0.15, 0.2) is 0 Å². The summed E-state index contributed by atoms with van der Waals surface area (Å²) >= 11 is 0. The number of likely N-dealkylation sites (tertiary alicyclic amines) is 1. The third kappa shape index (κ3) is 3.82. The number of hydrogen-bond donors (Lipinski definition) is 1. The largest absolute Gasteiger partial charge is 0.481 e. The molecule has 0 aromatic carbocycles. The monoisotopic (exact) mass is 213 g/mol. The molecule has 0 spiro atoms. The van der Waals surface area contributed by atoms with E-state index in [0.717, 1.165) is 38.4 Å². The van der Waals surface area contributed by atoms with Gasteiger partial charge in [-0.05, 0) is 18.8 Å². The number of rotatable bonds is 7. The van der Waals surface area contributed by atoms with E-state index in [0.29, 0.717) is 0 Å². The summed E-state index contributed by atoms with van der Waals surface area (Å²) in [6.07, 6.45) is 4.31. The van der Waals surface area contributed by atoms with E-state index < -0.39 is 5.97 Å². The first kappa shape index (κ1) is 12.5. The Balaban J connectivity index is 2.20. The van der Waals surface area contributed by atoms with E-state index >= 15 is 0 Å². The van der Waals surface area contributed by atoms with Crippen LogP contribution in [0.4, 0.5) is 0 Å². The average Bonchev–Trinajstić information content (AvgIpc) is 2.13. The predicted molar refractivity (Wildman–Crippen MR) is 60.9 cm³/mol. The highest BCUT2D eigenvalue weighted by Crippen LogP contribution is 2.22. The Labute approximate surface area is 92.5 Å². The first-order valence-corrected chi connectivity index (χ1v) is 6.12. The normalized spacial score (nSPS) is 19.9. The lowest BCUT2D eigenvalue weighted by molar-refractivity contribution is -0.143. The smallest absolute Gasteiger partial charge is 0.307 e. The zero-order valence-corrected chi connectivity index (χ0v) is 9.91. The second kappa shape index (κ2) is 6.11. The van der Waals surface area contributed by atoms with Gasteiger partial charge >= 0.3 is 5.97 Å². The molecule has 0 aliphatic carbocycles. The Morgan fingerprint density at radius 2 is 2.07 bits per heavy atom. The molecule has 1 N–H and O–H groups in total. The van der Waals surface area contributed by atoms with Crippen molar-refractivity contribution in [2.45, 2.75) is 39.5 Å². The molecular formula is C12H23NO2. The molecule has 1 unspecified atom stereocenters. The van der Waals surface area contributed by atoms with Crippen molar-refractivity contribution in [3.05, 3.63) is 0 Å². The first-order chi connectivity index (χ1) is 7.17. The third-order valence-electron chi connectivity index (χ3n) is 3.19. The summed E-state index contributed by atoms with van der Waals surface area (Å²) in [6.45, 7) is 7.23. The number of hydrogen-bond acceptors (Lipinski definition) is 2. The molecule has 0 radical (unpaired) electrons. The molecule has 0 bridgehead atoms. The maximum Gasteiger partial charge on any atom is 0.307 e. The molecular weight excluding hydrogens is 190 g/mol. The zero-order valence-electron chi connectivity index (χ0n) is 9.91. The lowest BCUT2D eigenvalue weighted by Gasteiger charge is -2.40. The van der Waals surface area contributed by atoms with Gasteiger partial charge in [-0.1, -0.05) is 26.7 Å². The maximum absolute atomic E-state index is 10.9. The van der Waals surface area contributed by atoms with E-state index in [9.17, 15) is 4.79 Å². The van der Waals surface area contributed by atoms with E-state index in [-0.39, 0.29) is 5.92 Å². The highest BCUT2D eigenvalue weighted by atomic mass is 16.4. The third-order valence-corrected chi connectivity index (χ3v) is 3.19. The molecule has 1 rings (SSSR count). The van der Waals surface area contributed by atoms with Crippen LogP contribution in [0.15, 0.2) is 0 Å². The first-order valence-electron chi connectivity index (χ1n) is 6.12. The van der Waals surface area contributed by atoms with Gasteiger partial charge in [-0.3, -0.25) is 4.79 Å². The molecule has 15 heavy (non-hydrogen) atoms. The van der Waals surface area contributed by atoms with Crippen LogP contribution in [0, 0.1) is 11.8 Å². The number of carbonyl (C=O) groups is 1. The SMILES string of the molecule is CCCC1CN(CC(CCC)C(=O)O)C1. The molecule has 0 saturated carbocycles. The van der Waals surface area contributed by atoms with E-state index in [2.05, 4.69) is 11.8 Å². The summed E-state index contributed by atoms with van der Waals surface area (Å²) in [7, 11) is 0. The molecule has 3 heteroatoms. The number of carboxylic acid groups (broad SMARTS) is 1. The molecule has 0 aromatic heterocycles. The van der Waals surface area contributed by atoms with Gasteiger partial charge in [-0.2, -0.15) is 0 Å². The molecule has 88 valence electrons. The minimum absolute atomic E-state index is 0.155. The Morgan fingerprint density at radius 1 is 1.40 bits per heavy atom. The lowest BCUT2D eigenvalue weighted by atomic mass is 9.92. The van der Waals surface area contributed by atoms with Crippen LogP contribution in [0.25, 0.3) is 0 Å². The summed E-state index contributed by atoms with van der Waals surface area (Å²) < 4.78 is 0. The summed E-state index contributed by atoms with van der Waals surface area (Å²) in [5.41, 5.74) is 0. The van der Waals surface area contributed by atoms with Gasteiger partial charge in [0.05, 0.1) is 5.92 Å². The Bertz CT molecular complexity index is 200. The lowest BCUT2D eigenvalue weighted by Crippen LogP contribution is -2.49. The van der Waals surface area contributed by atoms with E-state index in [4.69, 9.17) is 5.11 Å². The van der Waals surface area contributed by atoms with Gasteiger partial charge in [0, 0.05) is 19.6 Å². The zero-order chi connectivity index (χ0) is 11.3. The van der Waals surface area contributed by atoms with E-state index in [1.54, 1.807) is 0 Å². The molecule has 0 aromatic rings. The van der Waals surface area contributed by atoms with Crippen molar-refractivity contribution in [2.24, 2.45) is 11.8 Å². The Hall–Kier alpha value is -0.570. The van der Waals surface area contributed by atoms with Crippen molar-refractivity contribution < 1.29 is 9.90 Å². The van der Waals surface area contributed by atoms with Gasteiger partial charge in [0.25, 0.3) is 0 Å². The van der Waals surface area contributed by atoms with E-state index in [1.807, 2.05) is 6.92 Å². The minimum atomic E-state index is -0.629. The molecule has 1 atom stereocenters. The second-order valence-corrected chi connectivity index (χ2v) is 4.70. The highest BCUT2D eigenvalue weighted by Gasteiger charge is 2.29. The summed E-state index contributed by atoms with van der Waals surface area (Å²) in [5.74, 6) is 0.0411. The summed E-state index contributed by atoms with van der Waals surface area (Å²) in [4.78, 5) is 13.2. The van der Waals surface area contributed by atoms with Crippen LogP contribution in [0.1, 0.15) is 39.5 Å². The van der Waals surface area contributed by atoms with Crippen molar-refractivity contribution in [2.75, 3.05) is 19.6 Å². The molecule has 1 heterocycles. The molecule has 1 aliphatic heterocycles. The molecule has 3 nitrogen and oxygen atoms in total.